The SMILES string of the molecule is C[C@@H](c1ccc(-c2ccc(C(N[C@@H](CC(C)(C)F)C(=O)NC3(C#N)CC3)C(F)(F)F)cc2)cc1)C(F)F. The van der Waals surface area contributed by atoms with Crippen LogP contribution in [0.5, 0.6) is 0 Å². The largest absolute Gasteiger partial charge is 0.407 e. The third-order valence-electron chi connectivity index (χ3n) is 6.42. The molecular weight excluding hydrogens is 496 g/mol. The number of halogens is 6. The number of hydrogen-bond acceptors (Lipinski definition) is 3. The molecule has 1 fully saturated rings. The molecule has 0 heterocycles. The predicted octanol–water partition coefficient (Wildman–Crippen LogP) is 6.59. The van der Waals surface area contributed by atoms with E-state index in [2.05, 4.69) is 10.6 Å². The van der Waals surface area contributed by atoms with Crippen molar-refractivity contribution in [2.24, 2.45) is 0 Å². The van der Waals surface area contributed by atoms with Crippen LogP contribution in [-0.4, -0.2) is 35.8 Å². The predicted molar refractivity (Wildman–Crippen MR) is 128 cm³/mol. The molecule has 0 saturated heterocycles. The second-order valence-electron chi connectivity index (χ2n) is 10.2. The standard InChI is InChI=1S/C27H29F6N3O/c1-16(23(28)29)17-4-6-18(7-5-17)19-8-10-20(11-9-19)22(27(31,32)33)35-21(14-25(2,3)30)24(37)36-26(15-34)12-13-26/h4-11,16,21-23,35H,12-14H2,1-3H3,(H,36,37)/t16-,21-,22?/m0/s1. The molecule has 1 saturated carbocycles. The lowest BCUT2D eigenvalue weighted by atomic mass is 9.95. The summed E-state index contributed by atoms with van der Waals surface area (Å²) in [6.45, 7) is 3.73. The Kier molecular flexibility index (Phi) is 8.27. The fourth-order valence-electron chi connectivity index (χ4n) is 4.00. The van der Waals surface area contributed by atoms with E-state index in [0.717, 1.165) is 13.8 Å². The average molecular weight is 526 g/mol. The molecule has 0 spiro atoms. The molecule has 2 aromatic carbocycles. The normalized spacial score (nSPS) is 17.5. The van der Waals surface area contributed by atoms with Crippen molar-refractivity contribution in [2.75, 3.05) is 0 Å². The molecule has 200 valence electrons. The van der Waals surface area contributed by atoms with Gasteiger partial charge in [0.25, 0.3) is 0 Å². The van der Waals surface area contributed by atoms with Crippen molar-refractivity contribution in [1.29, 1.82) is 5.26 Å². The van der Waals surface area contributed by atoms with E-state index >= 15 is 0 Å². The van der Waals surface area contributed by atoms with Crippen LogP contribution in [0.1, 0.15) is 63.1 Å². The molecule has 2 N–H and O–H groups in total. The summed E-state index contributed by atoms with van der Waals surface area (Å²) in [4.78, 5) is 12.8. The summed E-state index contributed by atoms with van der Waals surface area (Å²) in [7, 11) is 0. The van der Waals surface area contributed by atoms with Gasteiger partial charge in [0.1, 0.15) is 17.2 Å². The van der Waals surface area contributed by atoms with E-state index in [9.17, 15) is 36.4 Å². The Labute approximate surface area is 212 Å². The molecule has 0 radical (unpaired) electrons. The summed E-state index contributed by atoms with van der Waals surface area (Å²) in [6.07, 6.45) is -7.09. The number of amides is 1. The van der Waals surface area contributed by atoms with Gasteiger partial charge in [0, 0.05) is 12.3 Å². The minimum Gasteiger partial charge on any atom is -0.336 e. The van der Waals surface area contributed by atoms with Gasteiger partial charge in [0.05, 0.1) is 12.1 Å². The van der Waals surface area contributed by atoms with E-state index in [1.54, 1.807) is 24.3 Å². The van der Waals surface area contributed by atoms with Crippen LogP contribution in [0, 0.1) is 11.3 Å². The number of carbonyl (C=O) groups excluding carboxylic acids is 1. The molecule has 1 amide bonds. The first-order valence-corrected chi connectivity index (χ1v) is 11.9. The minimum absolute atomic E-state index is 0.185. The molecule has 1 unspecified atom stereocenters. The fourth-order valence-corrected chi connectivity index (χ4v) is 4.00. The highest BCUT2D eigenvalue weighted by molar-refractivity contribution is 5.83. The third kappa shape index (κ3) is 7.48. The van der Waals surface area contributed by atoms with Crippen LogP contribution in [0.25, 0.3) is 11.1 Å². The van der Waals surface area contributed by atoms with Crippen LogP contribution >= 0.6 is 0 Å². The smallest absolute Gasteiger partial charge is 0.336 e. The van der Waals surface area contributed by atoms with Crippen molar-refractivity contribution >= 4 is 5.91 Å². The van der Waals surface area contributed by atoms with Gasteiger partial charge in [0.15, 0.2) is 0 Å². The van der Waals surface area contributed by atoms with Crippen LogP contribution in [0.4, 0.5) is 26.3 Å². The Morgan fingerprint density at radius 1 is 0.973 bits per heavy atom. The Balaban J connectivity index is 1.84. The molecule has 1 aliphatic rings. The molecule has 0 bridgehead atoms. The maximum Gasteiger partial charge on any atom is 0.407 e. The Bertz CT molecular complexity index is 1110. The zero-order valence-corrected chi connectivity index (χ0v) is 20.7. The summed E-state index contributed by atoms with van der Waals surface area (Å²) in [5, 5.41) is 14.0. The van der Waals surface area contributed by atoms with Crippen molar-refractivity contribution in [3.8, 4) is 17.2 Å². The van der Waals surface area contributed by atoms with Crippen LogP contribution in [0.2, 0.25) is 0 Å². The number of nitrogens with one attached hydrogen (secondary N) is 2. The number of nitriles is 1. The highest BCUT2D eigenvalue weighted by Gasteiger charge is 2.48. The van der Waals surface area contributed by atoms with Crippen molar-refractivity contribution in [1.82, 2.24) is 10.6 Å². The maximum atomic E-state index is 14.4. The van der Waals surface area contributed by atoms with Crippen molar-refractivity contribution in [3.05, 3.63) is 59.7 Å². The number of nitrogens with zero attached hydrogens (tertiary/aromatic N) is 1. The summed E-state index contributed by atoms with van der Waals surface area (Å²) < 4.78 is 82.6. The topological polar surface area (TPSA) is 64.9 Å². The average Bonchev–Trinajstić information content (AvgIpc) is 3.59. The lowest BCUT2D eigenvalue weighted by molar-refractivity contribution is -0.161. The quantitative estimate of drug-likeness (QED) is 0.344. The van der Waals surface area contributed by atoms with Gasteiger partial charge in [0.2, 0.25) is 12.3 Å². The number of benzene rings is 2. The van der Waals surface area contributed by atoms with E-state index in [1.807, 2.05) is 6.07 Å². The first-order valence-electron chi connectivity index (χ1n) is 11.9. The fraction of sp³-hybridized carbons (Fsp3) is 0.481. The van der Waals surface area contributed by atoms with Gasteiger partial charge in [-0.2, -0.15) is 18.4 Å². The number of hydrogen-bond donors (Lipinski definition) is 2. The second-order valence-corrected chi connectivity index (χ2v) is 10.2. The van der Waals surface area contributed by atoms with Crippen molar-refractivity contribution in [3.63, 3.8) is 0 Å². The van der Waals surface area contributed by atoms with E-state index in [-0.39, 0.29) is 5.56 Å². The van der Waals surface area contributed by atoms with Crippen LogP contribution in [0.3, 0.4) is 0 Å². The molecule has 3 atom stereocenters. The summed E-state index contributed by atoms with van der Waals surface area (Å²) in [6, 6.07) is 9.90. The maximum absolute atomic E-state index is 14.4. The van der Waals surface area contributed by atoms with Crippen LogP contribution < -0.4 is 10.6 Å². The third-order valence-corrected chi connectivity index (χ3v) is 6.42. The molecule has 0 aromatic heterocycles. The van der Waals surface area contributed by atoms with Gasteiger partial charge < -0.3 is 5.32 Å². The Morgan fingerprint density at radius 3 is 1.84 bits per heavy atom. The van der Waals surface area contributed by atoms with Crippen LogP contribution in [0.15, 0.2) is 48.5 Å². The van der Waals surface area contributed by atoms with E-state index in [4.69, 9.17) is 0 Å². The highest BCUT2D eigenvalue weighted by Crippen LogP contribution is 2.37. The summed E-state index contributed by atoms with van der Waals surface area (Å²) in [5.41, 5.74) is -1.60. The molecule has 2 aromatic rings. The van der Waals surface area contributed by atoms with Gasteiger partial charge in [-0.1, -0.05) is 55.5 Å². The first-order chi connectivity index (χ1) is 17.1. The molecule has 4 nitrogen and oxygen atoms in total. The molecule has 1 aliphatic carbocycles. The first kappa shape index (κ1) is 28.5. The summed E-state index contributed by atoms with van der Waals surface area (Å²) >= 11 is 0. The Hall–Kier alpha value is -3.06. The van der Waals surface area contributed by atoms with Gasteiger partial charge in [-0.3, -0.25) is 10.1 Å². The molecule has 3 rings (SSSR count). The van der Waals surface area contributed by atoms with Gasteiger partial charge in [-0.25, -0.2) is 13.2 Å². The van der Waals surface area contributed by atoms with Gasteiger partial charge in [-0.15, -0.1) is 0 Å². The van der Waals surface area contributed by atoms with E-state index in [1.165, 1.54) is 31.2 Å². The zero-order chi connectivity index (χ0) is 27.6. The molecule has 10 heteroatoms. The zero-order valence-electron chi connectivity index (χ0n) is 20.7. The lowest BCUT2D eigenvalue weighted by Crippen LogP contribution is -2.53. The molecule has 37 heavy (non-hydrogen) atoms. The van der Waals surface area contributed by atoms with Crippen molar-refractivity contribution in [2.45, 2.75) is 81.8 Å². The van der Waals surface area contributed by atoms with Gasteiger partial charge in [-0.05, 0) is 48.9 Å². The number of rotatable bonds is 10. The number of alkyl halides is 6. The molecule has 0 aliphatic heterocycles. The van der Waals surface area contributed by atoms with E-state index < -0.39 is 54.1 Å². The monoisotopic (exact) mass is 525 g/mol. The minimum atomic E-state index is -4.81. The second kappa shape index (κ2) is 10.7. The van der Waals surface area contributed by atoms with Crippen LogP contribution in [-0.2, 0) is 4.79 Å². The van der Waals surface area contributed by atoms with Crippen molar-refractivity contribution < 1.29 is 31.1 Å². The molecular formula is C27H29F6N3O. The number of carbonyl (C=O) groups is 1. The van der Waals surface area contributed by atoms with Gasteiger partial charge >= 0.3 is 6.18 Å². The highest BCUT2D eigenvalue weighted by atomic mass is 19.4. The summed E-state index contributed by atoms with van der Waals surface area (Å²) in [5.74, 6) is -1.81. The Morgan fingerprint density at radius 2 is 1.46 bits per heavy atom. The van der Waals surface area contributed by atoms with E-state index in [0.29, 0.717) is 29.5 Å². The lowest BCUT2D eigenvalue weighted by Gasteiger charge is -2.30.